The minimum Gasteiger partial charge on any atom is -0.480 e. The van der Waals surface area contributed by atoms with E-state index in [-0.39, 0.29) is 0 Å². The summed E-state index contributed by atoms with van der Waals surface area (Å²) in [6.07, 6.45) is -2.24. The minimum atomic E-state index is -1.46. The summed E-state index contributed by atoms with van der Waals surface area (Å²) in [7, 11) is 0. The van der Waals surface area contributed by atoms with E-state index in [1.54, 1.807) is 0 Å². The Kier molecular flexibility index (Phi) is 5.86. The number of aliphatic hydroxyl groups is 1. The zero-order valence-electron chi connectivity index (χ0n) is 8.80. The number of amides is 1. The van der Waals surface area contributed by atoms with E-state index < -0.39 is 37.0 Å². The van der Waals surface area contributed by atoms with Gasteiger partial charge in [-0.05, 0) is 0 Å². The Morgan fingerprint density at radius 2 is 1.88 bits per heavy atom. The smallest absolute Gasteiger partial charge is 0.411 e. The predicted octanol–water partition coefficient (Wildman–Crippen LogP) is -0.933. The van der Waals surface area contributed by atoms with Crippen LogP contribution in [0.2, 0.25) is 0 Å². The summed E-state index contributed by atoms with van der Waals surface area (Å²) < 4.78 is 8.94. The highest BCUT2D eigenvalue weighted by Crippen LogP contribution is 1.95. The average Bonchev–Trinajstić information content (AvgIpc) is 2.11. The lowest BCUT2D eigenvalue weighted by molar-refractivity contribution is -0.162. The second-order valence-corrected chi connectivity index (χ2v) is 2.80. The van der Waals surface area contributed by atoms with Crippen LogP contribution in [0.3, 0.4) is 0 Å². The molecule has 8 heteroatoms. The molecular weight excluding hydrogens is 222 g/mol. The van der Waals surface area contributed by atoms with Gasteiger partial charge in [0, 0.05) is 13.8 Å². The van der Waals surface area contributed by atoms with E-state index >= 15 is 0 Å². The van der Waals surface area contributed by atoms with Crippen LogP contribution in [0, 0.1) is 0 Å². The first kappa shape index (κ1) is 14.2. The van der Waals surface area contributed by atoms with E-state index in [2.05, 4.69) is 9.47 Å². The van der Waals surface area contributed by atoms with Crippen molar-refractivity contribution in [3.8, 4) is 0 Å². The Morgan fingerprint density at radius 3 is 2.25 bits per heavy atom. The van der Waals surface area contributed by atoms with Crippen LogP contribution < -0.4 is 5.32 Å². The van der Waals surface area contributed by atoms with Crippen LogP contribution >= 0.6 is 0 Å². The molecule has 0 fully saturated rings. The zero-order chi connectivity index (χ0) is 12.7. The van der Waals surface area contributed by atoms with Gasteiger partial charge in [-0.25, -0.2) is 9.59 Å². The van der Waals surface area contributed by atoms with Crippen molar-refractivity contribution >= 4 is 18.0 Å². The van der Waals surface area contributed by atoms with Crippen molar-refractivity contribution in [3.05, 3.63) is 0 Å². The molecule has 1 amide bonds. The molecule has 0 radical (unpaired) electrons. The normalized spacial score (nSPS) is 13.4. The number of alkyl carbamates (subject to hydrolysis) is 1. The van der Waals surface area contributed by atoms with Crippen molar-refractivity contribution in [1.82, 2.24) is 5.32 Å². The van der Waals surface area contributed by atoms with Crippen LogP contribution in [-0.2, 0) is 19.1 Å². The molecule has 0 spiro atoms. The van der Waals surface area contributed by atoms with Crippen molar-refractivity contribution < 1.29 is 34.1 Å². The van der Waals surface area contributed by atoms with Crippen molar-refractivity contribution in [3.63, 3.8) is 0 Å². The Balaban J connectivity index is 4.06. The highest BCUT2D eigenvalue weighted by Gasteiger charge is 2.21. The fraction of sp³-hybridized carbons (Fsp3) is 0.625. The van der Waals surface area contributed by atoms with Gasteiger partial charge in [0.15, 0.2) is 6.04 Å². The lowest BCUT2D eigenvalue weighted by Gasteiger charge is -2.15. The first-order valence-electron chi connectivity index (χ1n) is 4.34. The molecule has 2 atom stereocenters. The average molecular weight is 235 g/mol. The van der Waals surface area contributed by atoms with Gasteiger partial charge in [-0.1, -0.05) is 0 Å². The number of carbonyl (C=O) groups excluding carboxylic acids is 2. The van der Waals surface area contributed by atoms with Crippen molar-refractivity contribution in [2.45, 2.75) is 26.2 Å². The van der Waals surface area contributed by atoms with E-state index in [9.17, 15) is 14.4 Å². The molecule has 0 aliphatic rings. The molecule has 16 heavy (non-hydrogen) atoms. The lowest BCUT2D eigenvalue weighted by Crippen LogP contribution is -2.44. The number of ether oxygens (including phenoxy) is 2. The topological polar surface area (TPSA) is 122 Å². The van der Waals surface area contributed by atoms with E-state index in [0.29, 0.717) is 0 Å². The molecule has 0 rings (SSSR count). The summed E-state index contributed by atoms with van der Waals surface area (Å²) in [6.45, 7) is 1.65. The molecule has 0 aliphatic carbocycles. The second kappa shape index (κ2) is 6.62. The van der Waals surface area contributed by atoms with Crippen LogP contribution in [0.25, 0.3) is 0 Å². The van der Waals surface area contributed by atoms with Crippen molar-refractivity contribution in [2.75, 3.05) is 6.61 Å². The molecule has 0 aromatic heterocycles. The second-order valence-electron chi connectivity index (χ2n) is 2.80. The maximum absolute atomic E-state index is 11.0. The number of aliphatic carboxylic acids is 1. The number of rotatable bonds is 5. The largest absolute Gasteiger partial charge is 0.480 e. The highest BCUT2D eigenvalue weighted by atomic mass is 16.7. The third-order valence-electron chi connectivity index (χ3n) is 1.38. The summed E-state index contributed by atoms with van der Waals surface area (Å²) >= 11 is 0. The van der Waals surface area contributed by atoms with Gasteiger partial charge in [-0.15, -0.1) is 0 Å². The van der Waals surface area contributed by atoms with E-state index in [4.69, 9.17) is 10.2 Å². The van der Waals surface area contributed by atoms with Gasteiger partial charge in [0.2, 0.25) is 6.29 Å². The molecule has 3 N–H and O–H groups in total. The number of aliphatic hydroxyl groups excluding tert-OH is 1. The number of esters is 1. The Morgan fingerprint density at radius 1 is 1.31 bits per heavy atom. The SMILES string of the molecule is CC(=O)OC(C)OC(=O)N[C@@H](CO)C(=O)O. The monoisotopic (exact) mass is 235 g/mol. The first-order valence-corrected chi connectivity index (χ1v) is 4.34. The zero-order valence-corrected chi connectivity index (χ0v) is 8.80. The number of hydrogen-bond donors (Lipinski definition) is 3. The van der Waals surface area contributed by atoms with Gasteiger partial charge in [0.25, 0.3) is 0 Å². The third kappa shape index (κ3) is 5.81. The quantitative estimate of drug-likeness (QED) is 0.415. The van der Waals surface area contributed by atoms with E-state index in [1.165, 1.54) is 6.92 Å². The number of carboxylic acids is 1. The maximum atomic E-state index is 11.0. The lowest BCUT2D eigenvalue weighted by atomic mass is 10.3. The highest BCUT2D eigenvalue weighted by molar-refractivity contribution is 5.80. The summed E-state index contributed by atoms with van der Waals surface area (Å²) in [4.78, 5) is 31.9. The minimum absolute atomic E-state index is 0.641. The molecule has 8 nitrogen and oxygen atoms in total. The Hall–Kier alpha value is -1.83. The first-order chi connectivity index (χ1) is 7.36. The van der Waals surface area contributed by atoms with Gasteiger partial charge in [0.1, 0.15) is 0 Å². The van der Waals surface area contributed by atoms with Gasteiger partial charge >= 0.3 is 18.0 Å². The fourth-order valence-electron chi connectivity index (χ4n) is 0.770. The van der Waals surface area contributed by atoms with Crippen molar-refractivity contribution in [2.24, 2.45) is 0 Å². The molecule has 0 aliphatic heterocycles. The number of hydrogen-bond acceptors (Lipinski definition) is 6. The van der Waals surface area contributed by atoms with E-state index in [1.807, 2.05) is 5.32 Å². The molecule has 92 valence electrons. The van der Waals surface area contributed by atoms with Crippen LogP contribution in [-0.4, -0.2) is 47.2 Å². The van der Waals surface area contributed by atoms with Gasteiger partial charge in [-0.3, -0.25) is 4.79 Å². The van der Waals surface area contributed by atoms with Gasteiger partial charge in [0.05, 0.1) is 6.61 Å². The van der Waals surface area contributed by atoms with Crippen LogP contribution in [0.5, 0.6) is 0 Å². The van der Waals surface area contributed by atoms with Crippen molar-refractivity contribution in [1.29, 1.82) is 0 Å². The molecule has 0 saturated carbocycles. The molecule has 0 aromatic carbocycles. The van der Waals surface area contributed by atoms with E-state index in [0.717, 1.165) is 6.92 Å². The molecule has 0 bridgehead atoms. The van der Waals surface area contributed by atoms with Crippen LogP contribution in [0.1, 0.15) is 13.8 Å². The van der Waals surface area contributed by atoms with Gasteiger partial charge < -0.3 is 25.0 Å². The van der Waals surface area contributed by atoms with Crippen LogP contribution in [0.4, 0.5) is 4.79 Å². The van der Waals surface area contributed by atoms with Gasteiger partial charge in [-0.2, -0.15) is 0 Å². The Bertz CT molecular complexity index is 278. The maximum Gasteiger partial charge on any atom is 0.411 e. The summed E-state index contributed by atoms with van der Waals surface area (Å²) in [6, 6.07) is -1.46. The molecule has 0 saturated heterocycles. The summed E-state index contributed by atoms with van der Waals surface area (Å²) in [5.41, 5.74) is 0. The standard InChI is InChI=1S/C8H13NO7/c1-4(11)15-5(2)16-8(14)9-6(3-10)7(12)13/h5-6,10H,3H2,1-2H3,(H,9,14)(H,12,13)/t5?,6-/m0/s1. The number of carboxylic acid groups (broad SMARTS) is 1. The fourth-order valence-corrected chi connectivity index (χ4v) is 0.770. The number of carbonyl (C=O) groups is 3. The molecular formula is C8H13NO7. The van der Waals surface area contributed by atoms with Crippen LogP contribution in [0.15, 0.2) is 0 Å². The number of nitrogens with one attached hydrogen (secondary N) is 1. The Labute approximate surface area is 91.1 Å². The molecule has 1 unspecified atom stereocenters. The third-order valence-corrected chi connectivity index (χ3v) is 1.38. The summed E-state index contributed by atoms with van der Waals surface area (Å²) in [5.74, 6) is -2.04. The summed E-state index contributed by atoms with van der Waals surface area (Å²) in [5, 5.41) is 18.9. The predicted molar refractivity (Wildman–Crippen MR) is 49.4 cm³/mol. The molecule has 0 heterocycles. The molecule has 0 aromatic rings.